The number of nitrogens with two attached hydrogens (primary N) is 1. The lowest BCUT2D eigenvalue weighted by molar-refractivity contribution is -0.114. The van der Waals surface area contributed by atoms with Crippen LogP contribution < -0.4 is 21.2 Å². The number of amides is 2. The summed E-state index contributed by atoms with van der Waals surface area (Å²) in [6, 6.07) is 12.2. The van der Waals surface area contributed by atoms with Crippen molar-refractivity contribution in [2.75, 3.05) is 5.32 Å². The van der Waals surface area contributed by atoms with E-state index < -0.39 is 12.0 Å². The third-order valence-corrected chi connectivity index (χ3v) is 7.27. The lowest BCUT2D eigenvalue weighted by Crippen LogP contribution is -2.17. The van der Waals surface area contributed by atoms with Crippen LogP contribution in [0.25, 0.3) is 32.5 Å². The monoisotopic (exact) mass is 562 g/mol. The minimum Gasteiger partial charge on any atom is -0.483 e. The molecule has 11 heteroatoms. The normalized spacial score (nSPS) is 12.0. The second kappa shape index (κ2) is 10.1. The van der Waals surface area contributed by atoms with Crippen molar-refractivity contribution in [1.29, 1.82) is 0 Å². The molecule has 2 amide bonds. The molecule has 0 unspecified atom stereocenters. The van der Waals surface area contributed by atoms with E-state index in [0.29, 0.717) is 44.1 Å². The average Bonchev–Trinajstić information content (AvgIpc) is 3.27. The largest absolute Gasteiger partial charge is 0.483 e. The predicted octanol–water partition coefficient (Wildman–Crippen LogP) is 5.93. The van der Waals surface area contributed by atoms with E-state index in [1.807, 2.05) is 31.2 Å². The van der Waals surface area contributed by atoms with Gasteiger partial charge < -0.3 is 20.2 Å². The molecule has 198 valence electrons. The van der Waals surface area contributed by atoms with E-state index >= 15 is 0 Å². The summed E-state index contributed by atoms with van der Waals surface area (Å²) in [5.74, 6) is -0.415. The molecule has 1 atom stereocenters. The number of nitrogens with zero attached hydrogens (tertiary/aromatic N) is 2. The Morgan fingerprint density at radius 2 is 1.90 bits per heavy atom. The Balaban J connectivity index is 1.63. The van der Waals surface area contributed by atoms with Crippen LogP contribution in [0.2, 0.25) is 5.15 Å². The number of aromatic nitrogens is 2. The molecule has 9 nitrogen and oxygen atoms in total. The number of thiazole rings is 1. The van der Waals surface area contributed by atoms with Crippen LogP contribution >= 0.6 is 22.9 Å². The quantitative estimate of drug-likeness (QED) is 0.244. The summed E-state index contributed by atoms with van der Waals surface area (Å²) < 4.78 is 13.3. The van der Waals surface area contributed by atoms with Gasteiger partial charge in [-0.15, -0.1) is 0 Å². The zero-order valence-corrected chi connectivity index (χ0v) is 23.0. The molecule has 0 spiro atoms. The van der Waals surface area contributed by atoms with Gasteiger partial charge in [-0.1, -0.05) is 22.9 Å². The van der Waals surface area contributed by atoms with Crippen molar-refractivity contribution in [2.24, 2.45) is 5.73 Å². The number of carbonyl (C=O) groups is 2. The highest BCUT2D eigenvalue weighted by Crippen LogP contribution is 2.35. The van der Waals surface area contributed by atoms with Crippen molar-refractivity contribution in [2.45, 2.75) is 33.8 Å². The van der Waals surface area contributed by atoms with Gasteiger partial charge in [0.25, 0.3) is 5.91 Å². The molecule has 2 aromatic carbocycles. The lowest BCUT2D eigenvalue weighted by Gasteiger charge is -2.19. The molecule has 3 aromatic heterocycles. The molecule has 39 heavy (non-hydrogen) atoms. The first-order valence-corrected chi connectivity index (χ1v) is 13.1. The first-order valence-electron chi connectivity index (χ1n) is 11.9. The Bertz CT molecular complexity index is 1860. The van der Waals surface area contributed by atoms with E-state index in [1.54, 1.807) is 19.9 Å². The van der Waals surface area contributed by atoms with Gasteiger partial charge in [0.1, 0.15) is 22.6 Å². The molecule has 5 rings (SSSR count). The van der Waals surface area contributed by atoms with Gasteiger partial charge in [0.2, 0.25) is 5.91 Å². The fourth-order valence-electron chi connectivity index (χ4n) is 4.36. The SMILES string of the molecule is CC(=O)Nc1nc2ccc(-c3oc4c([C@@H](C)Oc5ccc(Cl)nc5C(N)=O)cc(C)cc4c(=O)c3C)cc2s1. The molecule has 0 saturated heterocycles. The van der Waals surface area contributed by atoms with Crippen molar-refractivity contribution in [3.8, 4) is 17.1 Å². The zero-order valence-electron chi connectivity index (χ0n) is 21.4. The summed E-state index contributed by atoms with van der Waals surface area (Å²) in [6.07, 6.45) is -0.642. The summed E-state index contributed by atoms with van der Waals surface area (Å²) in [7, 11) is 0. The van der Waals surface area contributed by atoms with Crippen LogP contribution in [0.4, 0.5) is 5.13 Å². The molecular formula is C28H23ClN4O5S. The van der Waals surface area contributed by atoms with Crippen LogP contribution in [0.15, 0.2) is 51.7 Å². The van der Waals surface area contributed by atoms with Gasteiger partial charge in [0, 0.05) is 23.6 Å². The summed E-state index contributed by atoms with van der Waals surface area (Å²) in [4.78, 5) is 45.3. The number of hydrogen-bond acceptors (Lipinski definition) is 8. The van der Waals surface area contributed by atoms with Gasteiger partial charge in [-0.25, -0.2) is 9.97 Å². The van der Waals surface area contributed by atoms with E-state index in [4.69, 9.17) is 26.5 Å². The minimum atomic E-state index is -0.779. The second-order valence-corrected chi connectivity index (χ2v) is 10.5. The molecule has 0 saturated carbocycles. The van der Waals surface area contributed by atoms with Crippen LogP contribution in [-0.4, -0.2) is 21.8 Å². The van der Waals surface area contributed by atoms with Crippen molar-refractivity contribution in [3.63, 3.8) is 0 Å². The smallest absolute Gasteiger partial charge is 0.271 e. The molecule has 5 aromatic rings. The third-order valence-electron chi connectivity index (χ3n) is 6.12. The fourth-order valence-corrected chi connectivity index (χ4v) is 5.46. The van der Waals surface area contributed by atoms with E-state index in [2.05, 4.69) is 15.3 Å². The number of ether oxygens (including phenoxy) is 1. The minimum absolute atomic E-state index is 0.0965. The number of hydrogen-bond donors (Lipinski definition) is 2. The van der Waals surface area contributed by atoms with Crippen LogP contribution in [0.1, 0.15) is 47.1 Å². The van der Waals surface area contributed by atoms with Crippen molar-refractivity contribution >= 4 is 61.1 Å². The van der Waals surface area contributed by atoms with E-state index in [-0.39, 0.29) is 27.9 Å². The molecule has 0 bridgehead atoms. The van der Waals surface area contributed by atoms with Crippen LogP contribution in [0.5, 0.6) is 5.75 Å². The van der Waals surface area contributed by atoms with Gasteiger partial charge in [-0.3, -0.25) is 14.4 Å². The number of halogens is 1. The summed E-state index contributed by atoms with van der Waals surface area (Å²) in [5, 5.41) is 3.71. The number of carbonyl (C=O) groups excluding carboxylic acids is 2. The molecule has 0 aliphatic rings. The van der Waals surface area contributed by atoms with Crippen LogP contribution in [0, 0.1) is 13.8 Å². The summed E-state index contributed by atoms with van der Waals surface area (Å²) in [5.41, 5.74) is 8.89. The van der Waals surface area contributed by atoms with Gasteiger partial charge >= 0.3 is 0 Å². The summed E-state index contributed by atoms with van der Waals surface area (Å²) >= 11 is 7.26. The number of primary amides is 1. The number of fused-ring (bicyclic) bond motifs is 2. The second-order valence-electron chi connectivity index (χ2n) is 9.10. The van der Waals surface area contributed by atoms with Gasteiger partial charge in [0.05, 0.1) is 15.6 Å². The highest BCUT2D eigenvalue weighted by molar-refractivity contribution is 7.22. The highest BCUT2D eigenvalue weighted by Gasteiger charge is 2.22. The van der Waals surface area contributed by atoms with Gasteiger partial charge in [0.15, 0.2) is 22.0 Å². The number of rotatable bonds is 6. The maximum absolute atomic E-state index is 13.5. The Hall–Kier alpha value is -4.28. The third kappa shape index (κ3) is 5.08. The van der Waals surface area contributed by atoms with E-state index in [0.717, 1.165) is 10.3 Å². The number of benzene rings is 2. The van der Waals surface area contributed by atoms with Crippen molar-refractivity contribution in [1.82, 2.24) is 9.97 Å². The van der Waals surface area contributed by atoms with E-state index in [9.17, 15) is 14.4 Å². The molecule has 3 N–H and O–H groups in total. The molecule has 0 radical (unpaired) electrons. The van der Waals surface area contributed by atoms with Crippen molar-refractivity contribution in [3.05, 3.63) is 80.2 Å². The first-order chi connectivity index (χ1) is 18.5. The van der Waals surface area contributed by atoms with Gasteiger partial charge in [-0.05, 0) is 68.8 Å². The number of pyridine rings is 1. The number of nitrogens with one attached hydrogen (secondary N) is 1. The topological polar surface area (TPSA) is 137 Å². The zero-order chi connectivity index (χ0) is 28.0. The number of aryl methyl sites for hydroxylation is 1. The maximum atomic E-state index is 13.5. The average molecular weight is 563 g/mol. The Kier molecular flexibility index (Phi) is 6.83. The van der Waals surface area contributed by atoms with Crippen LogP contribution in [-0.2, 0) is 4.79 Å². The van der Waals surface area contributed by atoms with E-state index in [1.165, 1.54) is 30.4 Å². The van der Waals surface area contributed by atoms with Crippen LogP contribution in [0.3, 0.4) is 0 Å². The molecular weight excluding hydrogens is 540 g/mol. The van der Waals surface area contributed by atoms with Gasteiger partial charge in [-0.2, -0.15) is 0 Å². The molecule has 0 fully saturated rings. The lowest BCUT2D eigenvalue weighted by atomic mass is 10.00. The highest BCUT2D eigenvalue weighted by atomic mass is 35.5. The predicted molar refractivity (Wildman–Crippen MR) is 152 cm³/mol. The first kappa shape index (κ1) is 26.3. The summed E-state index contributed by atoms with van der Waals surface area (Å²) in [6.45, 7) is 6.80. The Labute approximate surface area is 231 Å². The Morgan fingerprint density at radius 1 is 1.13 bits per heavy atom. The molecule has 0 aliphatic carbocycles. The Morgan fingerprint density at radius 3 is 2.62 bits per heavy atom. The standard InChI is InChI=1S/C28H23ClN4O5S/c1-12-9-17(14(3)37-20-7-8-22(29)33-23(20)27(30)36)26-18(10-12)24(35)13(2)25(38-26)16-5-6-19-21(11-16)39-28(32-19)31-15(4)34/h5-11,14H,1-4H3,(H2,30,36)(H,31,32,34)/t14-/m1/s1. The number of anilines is 1. The molecule has 0 aliphatic heterocycles. The molecule has 3 heterocycles. The van der Waals surface area contributed by atoms with Crippen molar-refractivity contribution < 1.29 is 18.7 Å². The fraction of sp³-hybridized carbons (Fsp3) is 0.179. The maximum Gasteiger partial charge on any atom is 0.271 e.